The molecule has 1 aromatic heterocycles. The number of hydrogen-bond donors (Lipinski definition) is 1. The molecule has 0 aliphatic carbocycles. The van der Waals surface area contributed by atoms with Gasteiger partial charge in [0.05, 0.1) is 0 Å². The molecule has 3 heteroatoms. The molecule has 0 radical (unpaired) electrons. The summed E-state index contributed by atoms with van der Waals surface area (Å²) in [6.07, 6.45) is 1.26. The van der Waals surface area contributed by atoms with Crippen LogP contribution in [0.1, 0.15) is 50.8 Å². The van der Waals surface area contributed by atoms with E-state index in [2.05, 4.69) is 52.1 Å². The lowest BCUT2D eigenvalue weighted by Crippen LogP contribution is -2.25. The van der Waals surface area contributed by atoms with Crippen molar-refractivity contribution < 1.29 is 0 Å². The van der Waals surface area contributed by atoms with Gasteiger partial charge in [0.15, 0.2) is 0 Å². The lowest BCUT2D eigenvalue weighted by atomic mass is 9.95. The summed E-state index contributed by atoms with van der Waals surface area (Å²) in [7, 11) is 0. The topological polar surface area (TPSA) is 12.0 Å². The second kappa shape index (κ2) is 7.56. The predicted octanol–water partition coefficient (Wildman–Crippen LogP) is 4.67. The Kier molecular flexibility index (Phi) is 6.75. The summed E-state index contributed by atoms with van der Waals surface area (Å²) < 4.78 is 0. The Hall–Kier alpha value is 0.01000. The van der Waals surface area contributed by atoms with Crippen molar-refractivity contribution in [3.63, 3.8) is 0 Å². The maximum Gasteiger partial charge on any atom is 0.0302 e. The van der Waals surface area contributed by atoms with Gasteiger partial charge >= 0.3 is 0 Å². The summed E-state index contributed by atoms with van der Waals surface area (Å²) in [6.45, 7) is 12.4. The van der Waals surface area contributed by atoms with Crippen LogP contribution in [0.15, 0.2) is 12.1 Å². The molecule has 1 aromatic rings. The molecule has 0 spiro atoms. The first-order valence-corrected chi connectivity index (χ1v) is 8.81. The van der Waals surface area contributed by atoms with Gasteiger partial charge < -0.3 is 5.32 Å². The highest BCUT2D eigenvalue weighted by Crippen LogP contribution is 2.29. The van der Waals surface area contributed by atoms with Crippen LogP contribution in [0.4, 0.5) is 0 Å². The van der Waals surface area contributed by atoms with Crippen LogP contribution in [0.25, 0.3) is 0 Å². The summed E-state index contributed by atoms with van der Waals surface area (Å²) in [5.41, 5.74) is 0.284. The maximum absolute atomic E-state index is 3.62. The average molecular weight is 286 g/mol. The van der Waals surface area contributed by atoms with Gasteiger partial charge in [-0.15, -0.1) is 11.3 Å². The highest BCUT2D eigenvalue weighted by atomic mass is 32.2. The number of rotatable bonds is 7. The van der Waals surface area contributed by atoms with Crippen LogP contribution in [-0.2, 0) is 12.0 Å². The van der Waals surface area contributed by atoms with Crippen LogP contribution in [0, 0.1) is 0 Å². The van der Waals surface area contributed by atoms with E-state index in [1.54, 1.807) is 0 Å². The maximum atomic E-state index is 3.62. The highest BCUT2D eigenvalue weighted by Gasteiger charge is 2.15. The lowest BCUT2D eigenvalue weighted by Gasteiger charge is -2.15. The lowest BCUT2D eigenvalue weighted by molar-refractivity contribution is 0.540. The molecule has 0 aliphatic heterocycles. The van der Waals surface area contributed by atoms with Crippen molar-refractivity contribution in [1.82, 2.24) is 5.32 Å². The van der Waals surface area contributed by atoms with E-state index in [0.717, 1.165) is 6.54 Å². The molecule has 1 heterocycles. The van der Waals surface area contributed by atoms with Crippen molar-refractivity contribution in [2.45, 2.75) is 59.0 Å². The van der Waals surface area contributed by atoms with Crippen LogP contribution in [-0.4, -0.2) is 17.5 Å². The molecule has 0 aromatic carbocycles. The SMILES string of the molecule is CCSCCC(C)NCc1ccc(C(C)(C)C)s1. The fraction of sp³-hybridized carbons (Fsp3) is 0.733. The Morgan fingerprint density at radius 1 is 1.33 bits per heavy atom. The second-order valence-corrected chi connectivity index (χ2v) is 8.35. The molecule has 1 N–H and O–H groups in total. The Morgan fingerprint density at radius 3 is 2.61 bits per heavy atom. The molecular weight excluding hydrogens is 258 g/mol. The number of thiophene rings is 1. The van der Waals surface area contributed by atoms with Crippen molar-refractivity contribution in [3.8, 4) is 0 Å². The molecule has 18 heavy (non-hydrogen) atoms. The van der Waals surface area contributed by atoms with E-state index in [0.29, 0.717) is 6.04 Å². The van der Waals surface area contributed by atoms with Crippen LogP contribution in [0.3, 0.4) is 0 Å². The molecular formula is C15H27NS2. The number of thioether (sulfide) groups is 1. The summed E-state index contributed by atoms with van der Waals surface area (Å²) in [5, 5.41) is 3.62. The molecule has 0 fully saturated rings. The molecule has 0 amide bonds. The average Bonchev–Trinajstić information content (AvgIpc) is 2.75. The fourth-order valence-corrected chi connectivity index (χ4v) is 3.48. The number of hydrogen-bond acceptors (Lipinski definition) is 3. The summed E-state index contributed by atoms with van der Waals surface area (Å²) in [4.78, 5) is 2.93. The largest absolute Gasteiger partial charge is 0.309 e. The molecule has 1 unspecified atom stereocenters. The van der Waals surface area contributed by atoms with Gasteiger partial charge in [-0.25, -0.2) is 0 Å². The van der Waals surface area contributed by atoms with Crippen molar-refractivity contribution in [1.29, 1.82) is 0 Å². The zero-order valence-corrected chi connectivity index (χ0v) is 14.0. The third kappa shape index (κ3) is 5.77. The number of nitrogens with one attached hydrogen (secondary N) is 1. The Bertz CT molecular complexity index is 339. The van der Waals surface area contributed by atoms with Crippen LogP contribution < -0.4 is 5.32 Å². The zero-order valence-electron chi connectivity index (χ0n) is 12.4. The Balaban J connectivity index is 2.33. The Morgan fingerprint density at radius 2 is 2.06 bits per heavy atom. The van der Waals surface area contributed by atoms with Crippen LogP contribution in [0.5, 0.6) is 0 Å². The Labute approximate surface area is 121 Å². The summed E-state index contributed by atoms with van der Waals surface area (Å²) in [5.74, 6) is 2.49. The molecule has 1 rings (SSSR count). The standard InChI is InChI=1S/C15H27NS2/c1-6-17-10-9-12(2)16-11-13-7-8-14(18-13)15(3,4)5/h7-8,12,16H,6,9-11H2,1-5H3. The first-order chi connectivity index (χ1) is 8.43. The second-order valence-electron chi connectivity index (χ2n) is 5.78. The smallest absolute Gasteiger partial charge is 0.0302 e. The van der Waals surface area contributed by atoms with E-state index in [1.165, 1.54) is 27.7 Å². The minimum absolute atomic E-state index is 0.284. The third-order valence-electron chi connectivity index (χ3n) is 2.92. The van der Waals surface area contributed by atoms with Crippen LogP contribution >= 0.6 is 23.1 Å². The van der Waals surface area contributed by atoms with Gasteiger partial charge in [-0.3, -0.25) is 0 Å². The van der Waals surface area contributed by atoms with E-state index < -0.39 is 0 Å². The van der Waals surface area contributed by atoms with Gasteiger partial charge in [0.25, 0.3) is 0 Å². The normalized spacial score (nSPS) is 13.8. The van der Waals surface area contributed by atoms with Gasteiger partial charge in [-0.05, 0) is 42.4 Å². The van der Waals surface area contributed by atoms with Gasteiger partial charge in [-0.2, -0.15) is 11.8 Å². The van der Waals surface area contributed by atoms with Crippen molar-refractivity contribution >= 4 is 23.1 Å². The highest BCUT2D eigenvalue weighted by molar-refractivity contribution is 7.99. The molecule has 0 saturated heterocycles. The van der Waals surface area contributed by atoms with Gasteiger partial charge in [0.1, 0.15) is 0 Å². The monoisotopic (exact) mass is 285 g/mol. The van der Waals surface area contributed by atoms with Crippen molar-refractivity contribution in [2.24, 2.45) is 0 Å². The molecule has 1 nitrogen and oxygen atoms in total. The predicted molar refractivity (Wildman–Crippen MR) is 86.9 cm³/mol. The van der Waals surface area contributed by atoms with Crippen LogP contribution in [0.2, 0.25) is 0 Å². The van der Waals surface area contributed by atoms with E-state index in [4.69, 9.17) is 0 Å². The molecule has 104 valence electrons. The van der Waals surface area contributed by atoms with Crippen molar-refractivity contribution in [3.05, 3.63) is 21.9 Å². The minimum Gasteiger partial charge on any atom is -0.309 e. The fourth-order valence-electron chi connectivity index (χ4n) is 1.66. The van der Waals surface area contributed by atoms with E-state index >= 15 is 0 Å². The first kappa shape index (κ1) is 16.1. The summed E-state index contributed by atoms with van der Waals surface area (Å²) in [6, 6.07) is 5.16. The van der Waals surface area contributed by atoms with E-state index in [9.17, 15) is 0 Å². The van der Waals surface area contributed by atoms with Crippen molar-refractivity contribution in [2.75, 3.05) is 11.5 Å². The van der Waals surface area contributed by atoms with Gasteiger partial charge in [0.2, 0.25) is 0 Å². The summed E-state index contributed by atoms with van der Waals surface area (Å²) >= 11 is 3.97. The minimum atomic E-state index is 0.284. The first-order valence-electron chi connectivity index (χ1n) is 6.83. The third-order valence-corrected chi connectivity index (χ3v) is 5.37. The molecule has 0 aliphatic rings. The molecule has 1 atom stereocenters. The zero-order chi connectivity index (χ0) is 13.6. The molecule has 0 saturated carbocycles. The van der Waals surface area contributed by atoms with E-state index in [1.807, 2.05) is 23.1 Å². The molecule has 0 bridgehead atoms. The van der Waals surface area contributed by atoms with Gasteiger partial charge in [-0.1, -0.05) is 27.7 Å². The van der Waals surface area contributed by atoms with E-state index in [-0.39, 0.29) is 5.41 Å². The van der Waals surface area contributed by atoms with Gasteiger partial charge in [0, 0.05) is 22.3 Å². The quantitative estimate of drug-likeness (QED) is 0.731.